The largest absolute Gasteiger partial charge is 0.494 e. The van der Waals surface area contributed by atoms with Gasteiger partial charge in [0.05, 0.1) is 6.61 Å². The van der Waals surface area contributed by atoms with Gasteiger partial charge in [-0.2, -0.15) is 0 Å². The number of carboxylic acid groups (broad SMARTS) is 1. The lowest BCUT2D eigenvalue weighted by Gasteiger charge is -2.39. The molecule has 0 spiro atoms. The van der Waals surface area contributed by atoms with E-state index in [1.54, 1.807) is 6.08 Å². The molecular weight excluding hydrogens is 521 g/mol. The molecule has 0 amide bonds. The fourth-order valence-electron chi connectivity index (χ4n) is 3.34. The lowest BCUT2D eigenvalue weighted by Crippen LogP contribution is -2.44. The Balaban J connectivity index is 2.00. The molecule has 0 saturated heterocycles. The molecule has 216 valence electrons. The van der Waals surface area contributed by atoms with Crippen LogP contribution in [0.5, 0.6) is 5.75 Å². The van der Waals surface area contributed by atoms with Crippen LogP contribution in [0.15, 0.2) is 54.6 Å². The minimum absolute atomic E-state index is 0.172. The number of aliphatic carboxylic acids is 1. The Kier molecular flexibility index (Phi) is 11.4. The summed E-state index contributed by atoms with van der Waals surface area (Å²) in [5.74, 6) is 0.169. The third kappa shape index (κ3) is 10.4. The summed E-state index contributed by atoms with van der Waals surface area (Å²) >= 11 is 0. The van der Waals surface area contributed by atoms with E-state index in [0.717, 1.165) is 34.9 Å². The minimum Gasteiger partial charge on any atom is -0.494 e. The van der Waals surface area contributed by atoms with Crippen molar-refractivity contribution in [3.05, 3.63) is 60.2 Å². The summed E-state index contributed by atoms with van der Waals surface area (Å²) < 4.78 is 19.3. The summed E-state index contributed by atoms with van der Waals surface area (Å²) in [7, 11) is -3.70. The topological polar surface area (TPSA) is 65.0 Å². The van der Waals surface area contributed by atoms with Gasteiger partial charge in [0.2, 0.25) is 0 Å². The Morgan fingerprint density at radius 3 is 1.64 bits per heavy atom. The quantitative estimate of drug-likeness (QED) is 0.192. The molecule has 2 aromatic rings. The van der Waals surface area contributed by atoms with E-state index in [1.807, 2.05) is 36.4 Å². The van der Waals surface area contributed by atoms with Crippen LogP contribution >= 0.6 is 0 Å². The monoisotopic (exact) mass is 570 g/mol. The molecule has 0 unspecified atom stereocenters. The van der Waals surface area contributed by atoms with Crippen LogP contribution in [0.4, 0.5) is 0 Å². The number of carbonyl (C=O) groups is 1. The second-order valence-corrected chi connectivity index (χ2v) is 23.1. The van der Waals surface area contributed by atoms with E-state index in [0.29, 0.717) is 19.8 Å². The molecule has 39 heavy (non-hydrogen) atoms. The second-order valence-electron chi connectivity index (χ2n) is 13.5. The van der Waals surface area contributed by atoms with Crippen LogP contribution in [-0.4, -0.2) is 47.5 Å². The van der Waals surface area contributed by atoms with Gasteiger partial charge in [0.1, 0.15) is 5.75 Å². The molecule has 0 aliphatic carbocycles. The van der Waals surface area contributed by atoms with Crippen molar-refractivity contribution in [3.8, 4) is 16.9 Å². The Hall–Kier alpha value is -2.20. The predicted octanol–water partition coefficient (Wildman–Crippen LogP) is 8.88. The Labute approximate surface area is 238 Å². The molecule has 0 bridgehead atoms. The molecule has 0 radical (unpaired) electrons. The van der Waals surface area contributed by atoms with Gasteiger partial charge in [-0.25, -0.2) is 4.79 Å². The molecule has 0 saturated carbocycles. The SMILES string of the molecule is CC(C)(C)[Si](C)(C)OCC(CCOc1ccc(-c2ccc(/C=C/C(=O)O)cc2)cc1)CO[Si](C)(C)C(C)(C)C. The summed E-state index contributed by atoms with van der Waals surface area (Å²) in [4.78, 5) is 10.7. The van der Waals surface area contributed by atoms with Crippen molar-refractivity contribution in [2.45, 2.75) is 84.2 Å². The lowest BCUT2D eigenvalue weighted by atomic mass is 10.0. The van der Waals surface area contributed by atoms with Gasteiger partial charge in [0, 0.05) is 25.2 Å². The molecule has 1 N–H and O–H groups in total. The highest BCUT2D eigenvalue weighted by Crippen LogP contribution is 2.38. The fourth-order valence-corrected chi connectivity index (χ4v) is 5.51. The zero-order valence-corrected chi connectivity index (χ0v) is 27.8. The summed E-state index contributed by atoms with van der Waals surface area (Å²) in [6, 6.07) is 15.9. The van der Waals surface area contributed by atoms with E-state index in [2.05, 4.69) is 79.9 Å². The molecule has 0 aliphatic heterocycles. The number of ether oxygens (including phenoxy) is 1. The van der Waals surface area contributed by atoms with Crippen molar-refractivity contribution in [2.75, 3.05) is 19.8 Å². The van der Waals surface area contributed by atoms with Gasteiger partial charge in [0.25, 0.3) is 0 Å². The van der Waals surface area contributed by atoms with Crippen molar-refractivity contribution in [1.82, 2.24) is 0 Å². The zero-order chi connectivity index (χ0) is 29.5. The summed E-state index contributed by atoms with van der Waals surface area (Å²) in [5, 5.41) is 9.14. The maximum atomic E-state index is 10.7. The third-order valence-corrected chi connectivity index (χ3v) is 17.3. The minimum atomic E-state index is -1.85. The van der Waals surface area contributed by atoms with Crippen molar-refractivity contribution >= 4 is 28.7 Å². The van der Waals surface area contributed by atoms with Crippen LogP contribution in [0.25, 0.3) is 17.2 Å². The average Bonchev–Trinajstić information content (AvgIpc) is 2.83. The summed E-state index contributed by atoms with van der Waals surface area (Å²) in [5.41, 5.74) is 3.00. The Bertz CT molecular complexity index is 1050. The average molecular weight is 571 g/mol. The lowest BCUT2D eigenvalue weighted by molar-refractivity contribution is -0.131. The predicted molar refractivity (Wildman–Crippen MR) is 168 cm³/mol. The third-order valence-electron chi connectivity index (χ3n) is 8.28. The first kappa shape index (κ1) is 33.0. The second kappa shape index (κ2) is 13.4. The molecule has 0 heterocycles. The van der Waals surface area contributed by atoms with E-state index in [-0.39, 0.29) is 16.0 Å². The number of hydrogen-bond donors (Lipinski definition) is 1. The van der Waals surface area contributed by atoms with E-state index < -0.39 is 22.6 Å². The van der Waals surface area contributed by atoms with Crippen LogP contribution in [0.2, 0.25) is 36.3 Å². The van der Waals surface area contributed by atoms with Crippen LogP contribution < -0.4 is 4.74 Å². The highest BCUT2D eigenvalue weighted by atomic mass is 28.4. The van der Waals surface area contributed by atoms with Crippen molar-refractivity contribution in [1.29, 1.82) is 0 Å². The normalized spacial score (nSPS) is 13.3. The van der Waals surface area contributed by atoms with Crippen LogP contribution in [-0.2, 0) is 13.6 Å². The van der Waals surface area contributed by atoms with Crippen molar-refractivity contribution < 1.29 is 23.5 Å². The first-order valence-electron chi connectivity index (χ1n) is 13.9. The maximum absolute atomic E-state index is 10.7. The zero-order valence-electron chi connectivity index (χ0n) is 25.8. The van der Waals surface area contributed by atoms with Gasteiger partial charge < -0.3 is 18.7 Å². The van der Waals surface area contributed by atoms with Gasteiger partial charge in [-0.3, -0.25) is 0 Å². The maximum Gasteiger partial charge on any atom is 0.328 e. The van der Waals surface area contributed by atoms with Crippen LogP contribution in [0, 0.1) is 5.92 Å². The fraction of sp³-hybridized carbons (Fsp3) is 0.531. The van der Waals surface area contributed by atoms with E-state index in [1.165, 1.54) is 0 Å². The van der Waals surface area contributed by atoms with Crippen LogP contribution in [0.3, 0.4) is 0 Å². The molecule has 5 nitrogen and oxygen atoms in total. The highest BCUT2D eigenvalue weighted by molar-refractivity contribution is 6.74. The first-order chi connectivity index (χ1) is 17.9. The number of rotatable bonds is 13. The van der Waals surface area contributed by atoms with Gasteiger partial charge in [-0.05, 0) is 77.6 Å². The van der Waals surface area contributed by atoms with E-state index in [9.17, 15) is 4.79 Å². The molecule has 7 heteroatoms. The molecule has 0 aromatic heterocycles. The molecule has 0 aliphatic rings. The van der Waals surface area contributed by atoms with Gasteiger partial charge in [-0.1, -0.05) is 77.9 Å². The molecular formula is C32H50O5Si2. The number of hydrogen-bond acceptors (Lipinski definition) is 4. The standard InChI is InChI=1S/C32H50O5Si2/c1-31(2,3)38(7,8)36-23-26(24-37-39(9,10)32(4,5)6)21-22-35-29-18-16-28(17-19-29)27-14-11-25(12-15-27)13-20-30(33)34/h11-20,26H,21-24H2,1-10H3,(H,33,34)/b20-13+. The van der Waals surface area contributed by atoms with Gasteiger partial charge in [0.15, 0.2) is 16.6 Å². The van der Waals surface area contributed by atoms with E-state index >= 15 is 0 Å². The first-order valence-corrected chi connectivity index (χ1v) is 19.8. The van der Waals surface area contributed by atoms with E-state index in [4.69, 9.17) is 18.7 Å². The highest BCUT2D eigenvalue weighted by Gasteiger charge is 2.39. The summed E-state index contributed by atoms with van der Waals surface area (Å²) in [6.45, 7) is 24.9. The number of benzene rings is 2. The Morgan fingerprint density at radius 2 is 1.23 bits per heavy atom. The van der Waals surface area contributed by atoms with Gasteiger partial charge in [-0.15, -0.1) is 0 Å². The van der Waals surface area contributed by atoms with Crippen molar-refractivity contribution in [3.63, 3.8) is 0 Å². The number of carboxylic acids is 1. The molecule has 0 atom stereocenters. The van der Waals surface area contributed by atoms with Crippen molar-refractivity contribution in [2.24, 2.45) is 5.92 Å². The molecule has 2 rings (SSSR count). The van der Waals surface area contributed by atoms with Gasteiger partial charge >= 0.3 is 5.97 Å². The smallest absolute Gasteiger partial charge is 0.328 e. The molecule has 0 fully saturated rings. The molecule has 2 aromatic carbocycles. The van der Waals surface area contributed by atoms with Crippen LogP contribution in [0.1, 0.15) is 53.5 Å². The Morgan fingerprint density at radius 1 is 0.795 bits per heavy atom. The summed E-state index contributed by atoms with van der Waals surface area (Å²) in [6.07, 6.45) is 3.60.